The highest BCUT2D eigenvalue weighted by atomic mass is 19.4. The predicted molar refractivity (Wildman–Crippen MR) is 129 cm³/mol. The number of amides is 1. The molecule has 1 heterocycles. The molecule has 2 atom stereocenters. The largest absolute Gasteiger partial charge is 0.492 e. The predicted octanol–water partition coefficient (Wildman–Crippen LogP) is 4.55. The number of halogens is 3. The van der Waals surface area contributed by atoms with Gasteiger partial charge in [-0.1, -0.05) is 54.6 Å². The highest BCUT2D eigenvalue weighted by Gasteiger charge is 2.37. The van der Waals surface area contributed by atoms with E-state index in [1.165, 1.54) is 0 Å². The number of aliphatic hydroxyl groups excluding tert-OH is 1. The fraction of sp³-hybridized carbons (Fsp3) is 0.259. The van der Waals surface area contributed by atoms with E-state index in [9.17, 15) is 23.1 Å². The number of hydrogen-bond acceptors (Lipinski definition) is 4. The van der Waals surface area contributed by atoms with E-state index in [4.69, 9.17) is 10.5 Å². The quantitative estimate of drug-likeness (QED) is 0.336. The molecule has 0 spiro atoms. The van der Waals surface area contributed by atoms with Crippen molar-refractivity contribution in [3.05, 3.63) is 95.8 Å². The van der Waals surface area contributed by atoms with Gasteiger partial charge in [-0.15, -0.1) is 0 Å². The topological polar surface area (TPSA) is 90.4 Å². The summed E-state index contributed by atoms with van der Waals surface area (Å²) in [7, 11) is 0. The van der Waals surface area contributed by atoms with Gasteiger partial charge in [0.05, 0.1) is 30.1 Å². The SMILES string of the molecule is NC(=O)C(Cc1ccc(OCCn2c(C(F)(F)F)nc3ccccc32)cc1)C(CO)c1ccccc1. The summed E-state index contributed by atoms with van der Waals surface area (Å²) in [4.78, 5) is 15.9. The van der Waals surface area contributed by atoms with Crippen molar-refractivity contribution in [1.29, 1.82) is 0 Å². The van der Waals surface area contributed by atoms with Crippen LogP contribution in [0, 0.1) is 5.92 Å². The molecule has 0 saturated carbocycles. The molecule has 6 nitrogen and oxygen atoms in total. The van der Waals surface area contributed by atoms with Crippen molar-refractivity contribution in [3.8, 4) is 5.75 Å². The third kappa shape index (κ3) is 5.68. The summed E-state index contributed by atoms with van der Waals surface area (Å²) in [5, 5.41) is 9.93. The zero-order chi connectivity index (χ0) is 25.7. The summed E-state index contributed by atoms with van der Waals surface area (Å²) < 4.78 is 47.2. The molecule has 188 valence electrons. The summed E-state index contributed by atoms with van der Waals surface area (Å²) >= 11 is 0. The van der Waals surface area contributed by atoms with E-state index in [1.807, 2.05) is 30.3 Å². The number of imidazole rings is 1. The molecular weight excluding hydrogens is 471 g/mol. The molecule has 0 aliphatic heterocycles. The van der Waals surface area contributed by atoms with E-state index < -0.39 is 29.7 Å². The summed E-state index contributed by atoms with van der Waals surface area (Å²) in [5.74, 6) is -2.04. The van der Waals surface area contributed by atoms with E-state index in [0.29, 0.717) is 17.7 Å². The van der Waals surface area contributed by atoms with Gasteiger partial charge in [-0.2, -0.15) is 13.2 Å². The van der Waals surface area contributed by atoms with Crippen LogP contribution in [-0.4, -0.2) is 33.8 Å². The molecule has 3 aromatic carbocycles. The minimum atomic E-state index is -4.58. The number of nitrogens with two attached hydrogens (primary N) is 1. The van der Waals surface area contributed by atoms with Crippen molar-refractivity contribution < 1.29 is 27.8 Å². The summed E-state index contributed by atoms with van der Waals surface area (Å²) in [6.45, 7) is -0.245. The molecule has 0 aliphatic rings. The van der Waals surface area contributed by atoms with Crippen molar-refractivity contribution in [2.75, 3.05) is 13.2 Å². The first-order valence-electron chi connectivity index (χ1n) is 11.5. The van der Waals surface area contributed by atoms with Crippen LogP contribution < -0.4 is 10.5 Å². The van der Waals surface area contributed by atoms with Gasteiger partial charge in [0.15, 0.2) is 0 Å². The number of aliphatic hydroxyl groups is 1. The third-order valence-corrected chi connectivity index (χ3v) is 6.15. The number of para-hydroxylation sites is 2. The zero-order valence-corrected chi connectivity index (χ0v) is 19.4. The van der Waals surface area contributed by atoms with E-state index in [1.54, 1.807) is 48.5 Å². The number of fused-ring (bicyclic) bond motifs is 1. The molecular formula is C27H26F3N3O3. The Hall–Kier alpha value is -3.85. The first-order chi connectivity index (χ1) is 17.3. The number of rotatable bonds is 10. The van der Waals surface area contributed by atoms with Crippen LogP contribution in [0.1, 0.15) is 22.9 Å². The summed E-state index contributed by atoms with van der Waals surface area (Å²) in [6, 6.07) is 22.6. The fourth-order valence-electron chi connectivity index (χ4n) is 4.36. The highest BCUT2D eigenvalue weighted by Crippen LogP contribution is 2.32. The molecule has 0 fully saturated rings. The van der Waals surface area contributed by atoms with Crippen LogP contribution in [0.2, 0.25) is 0 Å². The van der Waals surface area contributed by atoms with E-state index in [2.05, 4.69) is 4.98 Å². The lowest BCUT2D eigenvalue weighted by Crippen LogP contribution is -2.32. The average Bonchev–Trinajstić information content (AvgIpc) is 3.25. The van der Waals surface area contributed by atoms with Gasteiger partial charge < -0.3 is 20.1 Å². The number of primary amides is 1. The number of ether oxygens (including phenoxy) is 1. The number of hydrogen-bond donors (Lipinski definition) is 2. The van der Waals surface area contributed by atoms with Gasteiger partial charge in [0.2, 0.25) is 11.7 Å². The second-order valence-electron chi connectivity index (χ2n) is 8.48. The van der Waals surface area contributed by atoms with Crippen molar-refractivity contribution in [1.82, 2.24) is 9.55 Å². The van der Waals surface area contributed by atoms with Gasteiger partial charge >= 0.3 is 6.18 Å². The lowest BCUT2D eigenvalue weighted by molar-refractivity contribution is -0.147. The van der Waals surface area contributed by atoms with Gasteiger partial charge in [-0.05, 0) is 41.8 Å². The second-order valence-corrected chi connectivity index (χ2v) is 8.48. The van der Waals surface area contributed by atoms with Crippen molar-refractivity contribution in [2.24, 2.45) is 11.7 Å². The van der Waals surface area contributed by atoms with Gasteiger partial charge in [-0.25, -0.2) is 4.98 Å². The number of carbonyl (C=O) groups excluding carboxylic acids is 1. The molecule has 4 rings (SSSR count). The van der Waals surface area contributed by atoms with Crippen LogP contribution in [0.4, 0.5) is 13.2 Å². The molecule has 1 aromatic heterocycles. The molecule has 0 aliphatic carbocycles. The first kappa shape index (κ1) is 25.2. The summed E-state index contributed by atoms with van der Waals surface area (Å²) in [5.41, 5.74) is 7.97. The maximum absolute atomic E-state index is 13.5. The summed E-state index contributed by atoms with van der Waals surface area (Å²) in [6.07, 6.45) is -4.25. The smallest absolute Gasteiger partial charge is 0.449 e. The van der Waals surface area contributed by atoms with Crippen LogP contribution in [0.15, 0.2) is 78.9 Å². The number of aromatic nitrogens is 2. The molecule has 0 saturated heterocycles. The Morgan fingerprint density at radius 1 is 1.00 bits per heavy atom. The normalized spacial score (nSPS) is 13.4. The molecule has 9 heteroatoms. The average molecular weight is 498 g/mol. The van der Waals surface area contributed by atoms with Crippen LogP contribution in [0.3, 0.4) is 0 Å². The Bertz CT molecular complexity index is 1300. The maximum Gasteiger partial charge on any atom is 0.449 e. The number of nitrogens with zero attached hydrogens (tertiary/aromatic N) is 2. The molecule has 36 heavy (non-hydrogen) atoms. The number of alkyl halides is 3. The van der Waals surface area contributed by atoms with Gasteiger partial charge in [-0.3, -0.25) is 4.79 Å². The van der Waals surface area contributed by atoms with Crippen molar-refractivity contribution >= 4 is 16.9 Å². The molecule has 3 N–H and O–H groups in total. The fourth-order valence-corrected chi connectivity index (χ4v) is 4.36. The monoisotopic (exact) mass is 497 g/mol. The van der Waals surface area contributed by atoms with Crippen molar-refractivity contribution in [3.63, 3.8) is 0 Å². The van der Waals surface area contributed by atoms with Crippen LogP contribution in [-0.2, 0) is 23.9 Å². The minimum Gasteiger partial charge on any atom is -0.492 e. The lowest BCUT2D eigenvalue weighted by atomic mass is 9.82. The van der Waals surface area contributed by atoms with Crippen LogP contribution >= 0.6 is 0 Å². The van der Waals surface area contributed by atoms with Crippen molar-refractivity contribution in [2.45, 2.75) is 25.1 Å². The van der Waals surface area contributed by atoms with Gasteiger partial charge in [0.1, 0.15) is 12.4 Å². The molecule has 0 radical (unpaired) electrons. The Balaban J connectivity index is 1.42. The van der Waals surface area contributed by atoms with Crippen LogP contribution in [0.25, 0.3) is 11.0 Å². The van der Waals surface area contributed by atoms with Gasteiger partial charge in [0.25, 0.3) is 0 Å². The highest BCUT2D eigenvalue weighted by molar-refractivity contribution is 5.78. The first-order valence-corrected chi connectivity index (χ1v) is 11.5. The third-order valence-electron chi connectivity index (χ3n) is 6.15. The Labute approximate surface area is 206 Å². The number of carbonyl (C=O) groups is 1. The van der Waals surface area contributed by atoms with E-state index in [0.717, 1.165) is 15.7 Å². The molecule has 1 amide bonds. The standard InChI is InChI=1S/C27H26F3N3O3/c28-27(29,30)26-32-23-8-4-5-9-24(23)33(26)14-15-36-20-12-10-18(11-13-20)16-21(25(31)35)22(17-34)19-6-2-1-3-7-19/h1-13,21-22,34H,14-17H2,(H2,31,35). The Morgan fingerprint density at radius 3 is 2.31 bits per heavy atom. The second kappa shape index (κ2) is 10.8. The number of benzene rings is 3. The molecule has 2 unspecified atom stereocenters. The van der Waals surface area contributed by atoms with E-state index in [-0.39, 0.29) is 25.3 Å². The lowest BCUT2D eigenvalue weighted by Gasteiger charge is -2.23. The van der Waals surface area contributed by atoms with Crippen LogP contribution in [0.5, 0.6) is 5.75 Å². The minimum absolute atomic E-state index is 0.00723. The molecule has 0 bridgehead atoms. The zero-order valence-electron chi connectivity index (χ0n) is 19.4. The molecule has 4 aromatic rings. The van der Waals surface area contributed by atoms with E-state index >= 15 is 0 Å². The Morgan fingerprint density at radius 2 is 1.67 bits per heavy atom. The van der Waals surface area contributed by atoms with Gasteiger partial charge in [0, 0.05) is 5.92 Å². The Kier molecular flexibility index (Phi) is 7.59. The maximum atomic E-state index is 13.5.